The van der Waals surface area contributed by atoms with E-state index in [1.54, 1.807) is 14.2 Å². The summed E-state index contributed by atoms with van der Waals surface area (Å²) in [6.45, 7) is 0.839. The average Bonchev–Trinajstić information content (AvgIpc) is 3.59. The average molecular weight is 437 g/mol. The molecule has 168 valence electrons. The van der Waals surface area contributed by atoms with E-state index in [0.717, 1.165) is 46.6 Å². The number of aromatic nitrogens is 2. The van der Waals surface area contributed by atoms with Crippen LogP contribution in [0.5, 0.6) is 11.5 Å². The molecule has 2 aliphatic rings. The molecule has 1 aromatic heterocycles. The van der Waals surface area contributed by atoms with Crippen molar-refractivity contribution in [2.45, 2.75) is 30.8 Å². The van der Waals surface area contributed by atoms with Crippen molar-refractivity contribution >= 4 is 22.4 Å². The smallest absolute Gasteiger partial charge is 0.162 e. The third-order valence-corrected chi connectivity index (χ3v) is 6.53. The molecule has 6 nitrogen and oxygen atoms in total. The molecule has 0 radical (unpaired) electrons. The normalized spacial score (nSPS) is 20.6. The molecular formula is C25H29FN4O2. The minimum atomic E-state index is -1.45. The van der Waals surface area contributed by atoms with Gasteiger partial charge in [0.15, 0.2) is 17.2 Å². The van der Waals surface area contributed by atoms with Crippen molar-refractivity contribution in [3.8, 4) is 11.5 Å². The molecule has 3 aromatic rings. The van der Waals surface area contributed by atoms with Gasteiger partial charge in [-0.15, -0.1) is 0 Å². The Balaban J connectivity index is 1.59. The van der Waals surface area contributed by atoms with E-state index in [1.165, 1.54) is 0 Å². The summed E-state index contributed by atoms with van der Waals surface area (Å²) in [5, 5.41) is 0.859. The number of benzene rings is 2. The summed E-state index contributed by atoms with van der Waals surface area (Å²) in [5.74, 6) is 3.25. The minimum Gasteiger partial charge on any atom is -0.493 e. The third-order valence-electron chi connectivity index (χ3n) is 6.53. The van der Waals surface area contributed by atoms with Gasteiger partial charge in [0.1, 0.15) is 11.6 Å². The summed E-state index contributed by atoms with van der Waals surface area (Å²) in [7, 11) is 7.14. The van der Waals surface area contributed by atoms with Crippen LogP contribution >= 0.6 is 0 Å². The van der Waals surface area contributed by atoms with Crippen molar-refractivity contribution < 1.29 is 13.9 Å². The molecule has 1 saturated carbocycles. The van der Waals surface area contributed by atoms with Gasteiger partial charge in [-0.25, -0.2) is 14.4 Å². The third kappa shape index (κ3) is 3.49. The molecule has 1 saturated heterocycles. The van der Waals surface area contributed by atoms with E-state index in [9.17, 15) is 0 Å². The maximum absolute atomic E-state index is 16.4. The van der Waals surface area contributed by atoms with Crippen LogP contribution in [0.4, 0.5) is 15.9 Å². The highest BCUT2D eigenvalue weighted by Gasteiger charge is 2.43. The summed E-state index contributed by atoms with van der Waals surface area (Å²) < 4.78 is 27.4. The van der Waals surface area contributed by atoms with Gasteiger partial charge in [-0.1, -0.05) is 18.2 Å². The lowest BCUT2D eigenvalue weighted by molar-refractivity contribution is 0.196. The van der Waals surface area contributed by atoms with E-state index in [4.69, 9.17) is 19.4 Å². The summed E-state index contributed by atoms with van der Waals surface area (Å²) in [4.78, 5) is 13.8. The van der Waals surface area contributed by atoms with Crippen molar-refractivity contribution in [1.29, 1.82) is 0 Å². The Hall–Kier alpha value is -3.09. The number of hydrogen-bond donors (Lipinski definition) is 0. The maximum atomic E-state index is 16.4. The Morgan fingerprint density at radius 1 is 1.06 bits per heavy atom. The number of halogens is 1. The summed E-state index contributed by atoms with van der Waals surface area (Å²) in [6.07, 6.45) is 2.61. The fourth-order valence-electron chi connectivity index (χ4n) is 4.64. The lowest BCUT2D eigenvalue weighted by atomic mass is 9.93. The number of nitrogens with zero attached hydrogens (tertiary/aromatic N) is 4. The van der Waals surface area contributed by atoms with Crippen molar-refractivity contribution in [2.24, 2.45) is 0 Å². The molecule has 5 rings (SSSR count). The van der Waals surface area contributed by atoms with Gasteiger partial charge >= 0.3 is 0 Å². The van der Waals surface area contributed by atoms with Gasteiger partial charge in [-0.3, -0.25) is 0 Å². The van der Waals surface area contributed by atoms with Gasteiger partial charge in [0.05, 0.1) is 26.3 Å². The fraction of sp³-hybridized carbons (Fsp3) is 0.440. The Labute approximate surface area is 188 Å². The van der Waals surface area contributed by atoms with E-state index < -0.39 is 5.67 Å². The van der Waals surface area contributed by atoms with Crippen LogP contribution in [-0.2, 0) is 5.67 Å². The molecule has 0 spiro atoms. The standard InChI is InChI=1S/C25H29FN4O2/c1-29(2)20-8-6-5-7-18(20)25(26)11-12-30(15-25)24-17-13-21(31-3)22(32-4)14-19(17)27-23(28-24)16-9-10-16/h5-8,13-14,16H,9-12,15H2,1-4H3. The highest BCUT2D eigenvalue weighted by Crippen LogP contribution is 2.45. The highest BCUT2D eigenvalue weighted by atomic mass is 19.1. The zero-order valence-electron chi connectivity index (χ0n) is 19.1. The quantitative estimate of drug-likeness (QED) is 0.560. The maximum Gasteiger partial charge on any atom is 0.162 e. The van der Waals surface area contributed by atoms with Crippen LogP contribution in [0.25, 0.3) is 10.9 Å². The highest BCUT2D eigenvalue weighted by molar-refractivity contribution is 5.92. The molecule has 1 aliphatic heterocycles. The topological polar surface area (TPSA) is 50.7 Å². The number of ether oxygens (including phenoxy) is 2. The van der Waals surface area contributed by atoms with Crippen LogP contribution in [0.2, 0.25) is 0 Å². The molecule has 2 fully saturated rings. The van der Waals surface area contributed by atoms with Gasteiger partial charge in [-0.05, 0) is 25.0 Å². The van der Waals surface area contributed by atoms with Gasteiger partial charge < -0.3 is 19.3 Å². The van der Waals surface area contributed by atoms with Crippen LogP contribution in [0, 0.1) is 0 Å². The Kier molecular flexibility index (Phi) is 5.07. The Morgan fingerprint density at radius 2 is 1.78 bits per heavy atom. The van der Waals surface area contributed by atoms with E-state index in [-0.39, 0.29) is 6.54 Å². The van der Waals surface area contributed by atoms with Crippen molar-refractivity contribution in [3.63, 3.8) is 0 Å². The summed E-state index contributed by atoms with van der Waals surface area (Å²) >= 11 is 0. The number of hydrogen-bond acceptors (Lipinski definition) is 6. The van der Waals surface area contributed by atoms with E-state index in [2.05, 4.69) is 4.90 Å². The zero-order valence-corrected chi connectivity index (χ0v) is 19.1. The first-order valence-electron chi connectivity index (χ1n) is 11.1. The van der Waals surface area contributed by atoms with Gasteiger partial charge in [-0.2, -0.15) is 0 Å². The van der Waals surface area contributed by atoms with Gasteiger partial charge in [0.25, 0.3) is 0 Å². The molecule has 2 heterocycles. The largest absolute Gasteiger partial charge is 0.493 e. The van der Waals surface area contributed by atoms with Crippen molar-refractivity contribution in [2.75, 3.05) is 51.2 Å². The number of rotatable bonds is 6. The Morgan fingerprint density at radius 3 is 2.47 bits per heavy atom. The SMILES string of the molecule is COc1cc2nc(C3CC3)nc(N3CCC(F)(c4ccccc4N(C)C)C3)c2cc1OC. The van der Waals surface area contributed by atoms with Crippen LogP contribution in [0.1, 0.15) is 36.6 Å². The lowest BCUT2D eigenvalue weighted by Gasteiger charge is -2.27. The Bertz CT molecular complexity index is 1160. The second-order valence-corrected chi connectivity index (χ2v) is 8.95. The minimum absolute atomic E-state index is 0.252. The zero-order chi connectivity index (χ0) is 22.5. The number of methoxy groups -OCH3 is 2. The predicted molar refractivity (Wildman–Crippen MR) is 125 cm³/mol. The molecule has 7 heteroatoms. The summed E-state index contributed by atoms with van der Waals surface area (Å²) in [5.41, 5.74) is 0.996. The molecule has 0 amide bonds. The van der Waals surface area contributed by atoms with Crippen LogP contribution in [0.3, 0.4) is 0 Å². The van der Waals surface area contributed by atoms with Crippen LogP contribution in [0.15, 0.2) is 36.4 Å². The molecular weight excluding hydrogens is 407 g/mol. The molecule has 1 unspecified atom stereocenters. The number of fused-ring (bicyclic) bond motifs is 1. The molecule has 0 bridgehead atoms. The van der Waals surface area contributed by atoms with E-state index in [1.807, 2.05) is 55.4 Å². The number of anilines is 2. The number of alkyl halides is 1. The first-order valence-corrected chi connectivity index (χ1v) is 11.1. The fourth-order valence-corrected chi connectivity index (χ4v) is 4.64. The van der Waals surface area contributed by atoms with Gasteiger partial charge in [0.2, 0.25) is 0 Å². The molecule has 1 aliphatic carbocycles. The monoisotopic (exact) mass is 436 g/mol. The first-order chi connectivity index (χ1) is 15.4. The van der Waals surface area contributed by atoms with Crippen molar-refractivity contribution in [1.82, 2.24) is 9.97 Å². The first kappa shape index (κ1) is 20.8. The van der Waals surface area contributed by atoms with Crippen LogP contribution in [-0.4, -0.2) is 51.4 Å². The molecule has 0 N–H and O–H groups in total. The second kappa shape index (κ2) is 7.80. The number of para-hydroxylation sites is 1. The molecule has 2 aromatic carbocycles. The van der Waals surface area contributed by atoms with E-state index >= 15 is 4.39 Å². The van der Waals surface area contributed by atoms with Crippen LogP contribution < -0.4 is 19.3 Å². The van der Waals surface area contributed by atoms with E-state index in [0.29, 0.717) is 30.4 Å². The molecule has 1 atom stereocenters. The van der Waals surface area contributed by atoms with Crippen molar-refractivity contribution in [3.05, 3.63) is 47.8 Å². The second-order valence-electron chi connectivity index (χ2n) is 8.95. The lowest BCUT2D eigenvalue weighted by Crippen LogP contribution is -2.29. The molecule has 32 heavy (non-hydrogen) atoms. The predicted octanol–water partition coefficient (Wildman–Crippen LogP) is 4.67. The van der Waals surface area contributed by atoms with Gasteiger partial charge in [0, 0.05) is 55.7 Å². The summed E-state index contributed by atoms with van der Waals surface area (Å²) in [6, 6.07) is 11.5.